The van der Waals surface area contributed by atoms with Crippen LogP contribution in [0.3, 0.4) is 0 Å². The van der Waals surface area contributed by atoms with Gasteiger partial charge >= 0.3 is 0 Å². The van der Waals surface area contributed by atoms with Gasteiger partial charge < -0.3 is 10.1 Å². The number of hydrogen-bond donors (Lipinski definition) is 1. The molecular formula is C16H19BrN2O. The fourth-order valence-corrected chi connectivity index (χ4v) is 2.17. The lowest BCUT2D eigenvalue weighted by molar-refractivity contribution is 0.300. The quantitative estimate of drug-likeness (QED) is 0.869. The van der Waals surface area contributed by atoms with E-state index in [4.69, 9.17) is 4.74 Å². The Bertz CT molecular complexity index is 558. The van der Waals surface area contributed by atoms with Crippen LogP contribution in [0.5, 0.6) is 5.75 Å². The highest BCUT2D eigenvalue weighted by Crippen LogP contribution is 2.21. The molecule has 0 unspecified atom stereocenters. The van der Waals surface area contributed by atoms with E-state index >= 15 is 0 Å². The molecule has 0 bridgehead atoms. The molecule has 3 nitrogen and oxygen atoms in total. The normalized spacial score (nSPS) is 10.8. The maximum atomic E-state index is 5.93. The minimum atomic E-state index is 0.436. The highest BCUT2D eigenvalue weighted by Gasteiger charge is 2.06. The summed E-state index contributed by atoms with van der Waals surface area (Å²) in [5, 5.41) is 3.38. The molecule has 0 saturated heterocycles. The zero-order chi connectivity index (χ0) is 14.4. The summed E-state index contributed by atoms with van der Waals surface area (Å²) in [5.74, 6) is 0.879. The van der Waals surface area contributed by atoms with Crippen LogP contribution in [0.15, 0.2) is 47.2 Å². The predicted octanol–water partition coefficient (Wildman–Crippen LogP) is 3.92. The van der Waals surface area contributed by atoms with Crippen LogP contribution in [0.25, 0.3) is 0 Å². The SMILES string of the molecule is CC(C)NCc1cnccc1OCc1ccccc1Br. The molecular weight excluding hydrogens is 316 g/mol. The largest absolute Gasteiger partial charge is 0.488 e. The van der Waals surface area contributed by atoms with Crippen LogP contribution < -0.4 is 10.1 Å². The smallest absolute Gasteiger partial charge is 0.127 e. The lowest BCUT2D eigenvalue weighted by atomic mass is 10.2. The van der Waals surface area contributed by atoms with E-state index in [9.17, 15) is 0 Å². The molecule has 20 heavy (non-hydrogen) atoms. The van der Waals surface area contributed by atoms with Gasteiger partial charge in [-0.2, -0.15) is 0 Å². The molecule has 0 saturated carbocycles. The second-order valence-electron chi connectivity index (χ2n) is 4.90. The van der Waals surface area contributed by atoms with Crippen molar-refractivity contribution in [3.8, 4) is 5.75 Å². The number of benzene rings is 1. The van der Waals surface area contributed by atoms with Crippen molar-refractivity contribution in [3.05, 3.63) is 58.3 Å². The third-order valence-corrected chi connectivity index (χ3v) is 3.67. The fraction of sp³-hybridized carbons (Fsp3) is 0.312. The number of halogens is 1. The fourth-order valence-electron chi connectivity index (χ4n) is 1.77. The number of nitrogens with zero attached hydrogens (tertiary/aromatic N) is 1. The maximum absolute atomic E-state index is 5.93. The van der Waals surface area contributed by atoms with Crippen molar-refractivity contribution in [2.75, 3.05) is 0 Å². The third-order valence-electron chi connectivity index (χ3n) is 2.90. The van der Waals surface area contributed by atoms with E-state index in [0.717, 1.165) is 27.9 Å². The number of nitrogens with one attached hydrogen (secondary N) is 1. The molecule has 1 aromatic carbocycles. The number of pyridine rings is 1. The van der Waals surface area contributed by atoms with Crippen LogP contribution in [-0.4, -0.2) is 11.0 Å². The number of rotatable bonds is 6. The van der Waals surface area contributed by atoms with E-state index in [0.29, 0.717) is 12.6 Å². The summed E-state index contributed by atoms with van der Waals surface area (Å²) in [6, 6.07) is 10.4. The van der Waals surface area contributed by atoms with E-state index < -0.39 is 0 Å². The Hall–Kier alpha value is -1.39. The Balaban J connectivity index is 2.04. The van der Waals surface area contributed by atoms with Crippen LogP contribution in [0, 0.1) is 0 Å². The molecule has 106 valence electrons. The first-order chi connectivity index (χ1) is 9.66. The first kappa shape index (κ1) is 15.0. The first-order valence-electron chi connectivity index (χ1n) is 6.69. The molecule has 0 fully saturated rings. The average molecular weight is 335 g/mol. The van der Waals surface area contributed by atoms with Crippen molar-refractivity contribution in [1.29, 1.82) is 0 Å². The molecule has 0 aliphatic heterocycles. The monoisotopic (exact) mass is 334 g/mol. The summed E-state index contributed by atoms with van der Waals surface area (Å²) in [4.78, 5) is 4.17. The van der Waals surface area contributed by atoms with Crippen LogP contribution in [0.1, 0.15) is 25.0 Å². The molecule has 2 aromatic rings. The van der Waals surface area contributed by atoms with E-state index in [2.05, 4.69) is 46.1 Å². The van der Waals surface area contributed by atoms with E-state index in [1.807, 2.05) is 30.5 Å². The molecule has 1 N–H and O–H groups in total. The molecule has 4 heteroatoms. The molecule has 1 aromatic heterocycles. The van der Waals surface area contributed by atoms with Gasteiger partial charge in [0.2, 0.25) is 0 Å². The van der Waals surface area contributed by atoms with Gasteiger partial charge in [0.05, 0.1) is 0 Å². The third kappa shape index (κ3) is 4.32. The van der Waals surface area contributed by atoms with Gasteiger partial charge in [-0.15, -0.1) is 0 Å². The van der Waals surface area contributed by atoms with Crippen molar-refractivity contribution >= 4 is 15.9 Å². The van der Waals surface area contributed by atoms with Crippen LogP contribution >= 0.6 is 15.9 Å². The summed E-state index contributed by atoms with van der Waals surface area (Å²) in [7, 11) is 0. The molecule has 0 amide bonds. The lowest BCUT2D eigenvalue weighted by Gasteiger charge is -2.13. The minimum Gasteiger partial charge on any atom is -0.488 e. The average Bonchev–Trinajstić information content (AvgIpc) is 2.45. The number of ether oxygens (including phenoxy) is 1. The predicted molar refractivity (Wildman–Crippen MR) is 84.7 cm³/mol. The van der Waals surface area contributed by atoms with E-state index in [1.165, 1.54) is 0 Å². The van der Waals surface area contributed by atoms with Gasteiger partial charge in [-0.3, -0.25) is 4.98 Å². The Kier molecular flexibility index (Phi) is 5.56. The summed E-state index contributed by atoms with van der Waals surface area (Å²) in [5.41, 5.74) is 2.21. The number of aromatic nitrogens is 1. The topological polar surface area (TPSA) is 34.2 Å². The highest BCUT2D eigenvalue weighted by atomic mass is 79.9. The van der Waals surface area contributed by atoms with Gasteiger partial charge in [0.15, 0.2) is 0 Å². The standard InChI is InChI=1S/C16H19BrN2O/c1-12(2)19-10-14-9-18-8-7-16(14)20-11-13-5-3-4-6-15(13)17/h3-9,12,19H,10-11H2,1-2H3. The summed E-state index contributed by atoms with van der Waals surface area (Å²) >= 11 is 3.53. The van der Waals surface area contributed by atoms with Crippen LogP contribution in [0.2, 0.25) is 0 Å². The Morgan fingerprint density at radius 2 is 2.00 bits per heavy atom. The second kappa shape index (κ2) is 7.41. The molecule has 0 spiro atoms. The summed E-state index contributed by atoms with van der Waals surface area (Å²) in [6.07, 6.45) is 3.61. The van der Waals surface area contributed by atoms with Crippen molar-refractivity contribution in [1.82, 2.24) is 10.3 Å². The van der Waals surface area contributed by atoms with Crippen molar-refractivity contribution in [2.24, 2.45) is 0 Å². The molecule has 0 radical (unpaired) electrons. The zero-order valence-corrected chi connectivity index (χ0v) is 13.4. The molecule has 1 heterocycles. The van der Waals surface area contributed by atoms with Crippen molar-refractivity contribution in [3.63, 3.8) is 0 Å². The second-order valence-corrected chi connectivity index (χ2v) is 5.75. The first-order valence-corrected chi connectivity index (χ1v) is 7.48. The Morgan fingerprint density at radius 3 is 2.75 bits per heavy atom. The summed E-state index contributed by atoms with van der Waals surface area (Å²) in [6.45, 7) is 5.55. The van der Waals surface area contributed by atoms with Crippen molar-refractivity contribution in [2.45, 2.75) is 33.0 Å². The van der Waals surface area contributed by atoms with E-state index in [-0.39, 0.29) is 0 Å². The molecule has 0 aliphatic rings. The van der Waals surface area contributed by atoms with Crippen LogP contribution in [0.4, 0.5) is 0 Å². The molecule has 0 atom stereocenters. The minimum absolute atomic E-state index is 0.436. The highest BCUT2D eigenvalue weighted by molar-refractivity contribution is 9.10. The molecule has 0 aliphatic carbocycles. The maximum Gasteiger partial charge on any atom is 0.127 e. The zero-order valence-electron chi connectivity index (χ0n) is 11.8. The van der Waals surface area contributed by atoms with Crippen molar-refractivity contribution < 1.29 is 4.74 Å². The Morgan fingerprint density at radius 1 is 1.20 bits per heavy atom. The van der Waals surface area contributed by atoms with Gasteiger partial charge in [-0.1, -0.05) is 48.0 Å². The van der Waals surface area contributed by atoms with Gasteiger partial charge in [0, 0.05) is 40.6 Å². The number of hydrogen-bond acceptors (Lipinski definition) is 3. The van der Waals surface area contributed by atoms with Gasteiger partial charge in [0.25, 0.3) is 0 Å². The van der Waals surface area contributed by atoms with Gasteiger partial charge in [0.1, 0.15) is 12.4 Å². The van der Waals surface area contributed by atoms with E-state index in [1.54, 1.807) is 6.20 Å². The Labute approximate surface area is 128 Å². The summed E-state index contributed by atoms with van der Waals surface area (Å²) < 4.78 is 6.99. The van der Waals surface area contributed by atoms with Crippen LogP contribution in [-0.2, 0) is 13.2 Å². The van der Waals surface area contributed by atoms with Gasteiger partial charge in [-0.25, -0.2) is 0 Å². The lowest BCUT2D eigenvalue weighted by Crippen LogP contribution is -2.22. The molecule has 2 rings (SSSR count). The van der Waals surface area contributed by atoms with Gasteiger partial charge in [-0.05, 0) is 12.1 Å².